The highest BCUT2D eigenvalue weighted by Crippen LogP contribution is 2.29. The van der Waals surface area contributed by atoms with Crippen LogP contribution >= 0.6 is 11.3 Å². The molecule has 0 fully saturated rings. The fourth-order valence-electron chi connectivity index (χ4n) is 1.51. The molecule has 1 aromatic heterocycles. The van der Waals surface area contributed by atoms with Gasteiger partial charge in [-0.3, -0.25) is 4.79 Å². The molecule has 0 N–H and O–H groups in total. The number of carbonyl (C=O) groups excluding carboxylic acids is 1. The SMILES string of the molecule is Cc1ccccc1-c1ccsc1C=O. The van der Waals surface area contributed by atoms with Crippen molar-refractivity contribution in [2.45, 2.75) is 6.92 Å². The molecule has 2 heteroatoms. The molecule has 70 valence electrons. The number of hydrogen-bond donors (Lipinski definition) is 0. The molecule has 0 aliphatic rings. The van der Waals surface area contributed by atoms with Crippen LogP contribution in [0.5, 0.6) is 0 Å². The van der Waals surface area contributed by atoms with Gasteiger partial charge in [0, 0.05) is 5.56 Å². The average molecular weight is 202 g/mol. The van der Waals surface area contributed by atoms with Crippen LogP contribution in [-0.2, 0) is 0 Å². The van der Waals surface area contributed by atoms with Crippen molar-refractivity contribution in [3.05, 3.63) is 46.2 Å². The lowest BCUT2D eigenvalue weighted by Crippen LogP contribution is -1.83. The molecule has 0 saturated carbocycles. The zero-order valence-electron chi connectivity index (χ0n) is 7.86. The van der Waals surface area contributed by atoms with Crippen molar-refractivity contribution in [1.29, 1.82) is 0 Å². The first-order valence-corrected chi connectivity index (χ1v) is 5.29. The molecular formula is C12H10OS. The molecule has 0 saturated heterocycles. The highest BCUT2D eigenvalue weighted by Gasteiger charge is 2.07. The van der Waals surface area contributed by atoms with Crippen LogP contribution in [0.15, 0.2) is 35.7 Å². The Morgan fingerprint density at radius 1 is 1.14 bits per heavy atom. The number of carbonyl (C=O) groups is 1. The lowest BCUT2D eigenvalue weighted by atomic mass is 10.0. The van der Waals surface area contributed by atoms with Gasteiger partial charge < -0.3 is 0 Å². The molecule has 0 amide bonds. The molecule has 2 aromatic rings. The lowest BCUT2D eigenvalue weighted by molar-refractivity contribution is 0.112. The summed E-state index contributed by atoms with van der Waals surface area (Å²) in [5.41, 5.74) is 3.40. The predicted octanol–water partition coefficient (Wildman–Crippen LogP) is 3.54. The quantitative estimate of drug-likeness (QED) is 0.681. The minimum absolute atomic E-state index is 0.805. The molecule has 2 rings (SSSR count). The molecule has 0 radical (unpaired) electrons. The number of thiophene rings is 1. The Hall–Kier alpha value is -1.41. The maximum atomic E-state index is 10.8. The van der Waals surface area contributed by atoms with Gasteiger partial charge in [-0.15, -0.1) is 11.3 Å². The number of aryl methyl sites for hydroxylation is 1. The molecule has 0 unspecified atom stereocenters. The summed E-state index contributed by atoms with van der Waals surface area (Å²) >= 11 is 1.49. The van der Waals surface area contributed by atoms with Crippen LogP contribution in [-0.4, -0.2) is 6.29 Å². The summed E-state index contributed by atoms with van der Waals surface area (Å²) in [4.78, 5) is 11.6. The Kier molecular flexibility index (Phi) is 2.46. The number of aldehydes is 1. The fourth-order valence-corrected chi connectivity index (χ4v) is 2.22. The third-order valence-corrected chi connectivity index (χ3v) is 3.08. The summed E-state index contributed by atoms with van der Waals surface area (Å²) in [7, 11) is 0. The smallest absolute Gasteiger partial charge is 0.160 e. The second kappa shape index (κ2) is 3.76. The van der Waals surface area contributed by atoms with E-state index >= 15 is 0 Å². The summed E-state index contributed by atoms with van der Waals surface area (Å²) in [5, 5.41) is 1.95. The van der Waals surface area contributed by atoms with Gasteiger partial charge in [-0.2, -0.15) is 0 Å². The van der Waals surface area contributed by atoms with E-state index in [-0.39, 0.29) is 0 Å². The lowest BCUT2D eigenvalue weighted by Gasteiger charge is -2.03. The van der Waals surface area contributed by atoms with Crippen LogP contribution in [0.3, 0.4) is 0 Å². The number of rotatable bonds is 2. The number of benzene rings is 1. The Morgan fingerprint density at radius 3 is 2.64 bits per heavy atom. The normalized spacial score (nSPS) is 10.1. The topological polar surface area (TPSA) is 17.1 Å². The van der Waals surface area contributed by atoms with E-state index in [1.54, 1.807) is 0 Å². The molecule has 1 nitrogen and oxygen atoms in total. The van der Waals surface area contributed by atoms with Gasteiger partial charge in [0.1, 0.15) is 0 Å². The Balaban J connectivity index is 2.60. The highest BCUT2D eigenvalue weighted by molar-refractivity contribution is 7.12. The zero-order valence-corrected chi connectivity index (χ0v) is 8.67. The molecule has 0 aliphatic heterocycles. The molecule has 0 atom stereocenters. The monoisotopic (exact) mass is 202 g/mol. The van der Waals surface area contributed by atoms with E-state index in [0.29, 0.717) is 0 Å². The van der Waals surface area contributed by atoms with E-state index in [4.69, 9.17) is 0 Å². The van der Waals surface area contributed by atoms with E-state index in [0.717, 1.165) is 22.3 Å². The summed E-state index contributed by atoms with van der Waals surface area (Å²) in [6.07, 6.45) is 0.923. The first-order valence-electron chi connectivity index (χ1n) is 4.41. The average Bonchev–Trinajstić information content (AvgIpc) is 2.66. The Morgan fingerprint density at radius 2 is 1.93 bits per heavy atom. The van der Waals surface area contributed by atoms with Gasteiger partial charge in [0.25, 0.3) is 0 Å². The van der Waals surface area contributed by atoms with Crippen molar-refractivity contribution < 1.29 is 4.79 Å². The van der Waals surface area contributed by atoms with Crippen LogP contribution in [0.25, 0.3) is 11.1 Å². The van der Waals surface area contributed by atoms with Gasteiger partial charge in [0.2, 0.25) is 0 Å². The van der Waals surface area contributed by atoms with Crippen LogP contribution in [0.4, 0.5) is 0 Å². The van der Waals surface area contributed by atoms with Gasteiger partial charge in [-0.1, -0.05) is 24.3 Å². The Labute approximate surface area is 87.0 Å². The van der Waals surface area contributed by atoms with Crippen molar-refractivity contribution in [2.24, 2.45) is 0 Å². The zero-order chi connectivity index (χ0) is 9.97. The van der Waals surface area contributed by atoms with Crippen molar-refractivity contribution >= 4 is 17.6 Å². The maximum Gasteiger partial charge on any atom is 0.160 e. The largest absolute Gasteiger partial charge is 0.297 e. The minimum Gasteiger partial charge on any atom is -0.297 e. The van der Waals surface area contributed by atoms with Gasteiger partial charge in [-0.05, 0) is 29.5 Å². The first kappa shape index (κ1) is 9.16. The van der Waals surface area contributed by atoms with Gasteiger partial charge in [0.15, 0.2) is 6.29 Å². The second-order valence-electron chi connectivity index (χ2n) is 3.13. The standard InChI is InChI=1S/C12H10OS/c1-9-4-2-3-5-10(9)11-6-7-14-12(11)8-13/h2-8H,1H3. The maximum absolute atomic E-state index is 10.8. The third kappa shape index (κ3) is 1.49. The number of hydrogen-bond acceptors (Lipinski definition) is 2. The van der Waals surface area contributed by atoms with Crippen molar-refractivity contribution in [3.63, 3.8) is 0 Å². The molecule has 14 heavy (non-hydrogen) atoms. The van der Waals surface area contributed by atoms with E-state index in [9.17, 15) is 4.79 Å². The van der Waals surface area contributed by atoms with E-state index in [1.807, 2.05) is 29.6 Å². The molecule has 1 aromatic carbocycles. The summed E-state index contributed by atoms with van der Waals surface area (Å²) in [6.45, 7) is 2.06. The molecular weight excluding hydrogens is 192 g/mol. The van der Waals surface area contributed by atoms with Crippen LogP contribution in [0.1, 0.15) is 15.2 Å². The van der Waals surface area contributed by atoms with Gasteiger partial charge >= 0.3 is 0 Å². The summed E-state index contributed by atoms with van der Waals surface area (Å²) in [5.74, 6) is 0. The van der Waals surface area contributed by atoms with Gasteiger partial charge in [-0.25, -0.2) is 0 Å². The van der Waals surface area contributed by atoms with Crippen LogP contribution < -0.4 is 0 Å². The molecule has 0 bridgehead atoms. The minimum atomic E-state index is 0.805. The molecule has 1 heterocycles. The van der Waals surface area contributed by atoms with Crippen molar-refractivity contribution in [2.75, 3.05) is 0 Å². The van der Waals surface area contributed by atoms with Crippen LogP contribution in [0, 0.1) is 6.92 Å². The van der Waals surface area contributed by atoms with E-state index in [1.165, 1.54) is 16.9 Å². The van der Waals surface area contributed by atoms with E-state index < -0.39 is 0 Å². The summed E-state index contributed by atoms with van der Waals surface area (Å²) in [6, 6.07) is 10.1. The third-order valence-electron chi connectivity index (χ3n) is 2.24. The molecule has 0 spiro atoms. The van der Waals surface area contributed by atoms with Crippen molar-refractivity contribution in [3.8, 4) is 11.1 Å². The first-order chi connectivity index (χ1) is 6.83. The summed E-state index contributed by atoms with van der Waals surface area (Å²) < 4.78 is 0. The second-order valence-corrected chi connectivity index (χ2v) is 4.08. The molecule has 0 aliphatic carbocycles. The van der Waals surface area contributed by atoms with Gasteiger partial charge in [0.05, 0.1) is 4.88 Å². The van der Waals surface area contributed by atoms with Crippen LogP contribution in [0.2, 0.25) is 0 Å². The van der Waals surface area contributed by atoms with E-state index in [2.05, 4.69) is 13.0 Å². The fraction of sp³-hybridized carbons (Fsp3) is 0.0833. The predicted molar refractivity (Wildman–Crippen MR) is 59.9 cm³/mol. The van der Waals surface area contributed by atoms with Crippen molar-refractivity contribution in [1.82, 2.24) is 0 Å². The Bertz CT molecular complexity index is 457. The highest BCUT2D eigenvalue weighted by atomic mass is 32.1.